The van der Waals surface area contributed by atoms with Gasteiger partial charge < -0.3 is 5.11 Å². The lowest BCUT2D eigenvalue weighted by molar-refractivity contribution is 0.172. The topological polar surface area (TPSA) is 33.1 Å². The number of aliphatic hydroxyl groups is 1. The van der Waals surface area contributed by atoms with Crippen molar-refractivity contribution >= 4 is 27.3 Å². The van der Waals surface area contributed by atoms with Gasteiger partial charge in [0.25, 0.3) is 0 Å². The quantitative estimate of drug-likeness (QED) is 0.943. The molecule has 1 unspecified atom stereocenters. The summed E-state index contributed by atoms with van der Waals surface area (Å²) < 4.78 is 14.1. The summed E-state index contributed by atoms with van der Waals surface area (Å²) in [6.07, 6.45) is 1.13. The van der Waals surface area contributed by atoms with Gasteiger partial charge in [0, 0.05) is 28.0 Å². The van der Waals surface area contributed by atoms with Crippen LogP contribution in [0, 0.1) is 5.82 Å². The van der Waals surface area contributed by atoms with Crippen LogP contribution in [0.1, 0.15) is 16.7 Å². The molecule has 0 fully saturated rings. The van der Waals surface area contributed by atoms with Gasteiger partial charge in [-0.2, -0.15) is 0 Å². The molecule has 5 heteroatoms. The molecule has 84 valence electrons. The minimum absolute atomic E-state index is 0.290. The summed E-state index contributed by atoms with van der Waals surface area (Å²) in [5, 5.41) is 12.6. The van der Waals surface area contributed by atoms with E-state index in [1.165, 1.54) is 17.4 Å². The van der Waals surface area contributed by atoms with Crippen molar-refractivity contribution in [2.45, 2.75) is 12.5 Å². The van der Waals surface area contributed by atoms with Crippen molar-refractivity contribution < 1.29 is 9.50 Å². The van der Waals surface area contributed by atoms with E-state index >= 15 is 0 Å². The predicted octanol–water partition coefficient (Wildman–Crippen LogP) is 3.32. The monoisotopic (exact) mass is 301 g/mol. The summed E-state index contributed by atoms with van der Waals surface area (Å²) in [6.45, 7) is 0. The lowest BCUT2D eigenvalue weighted by atomic mass is 10.1. The third-order valence-electron chi connectivity index (χ3n) is 2.18. The van der Waals surface area contributed by atoms with Gasteiger partial charge in [0.05, 0.1) is 11.1 Å². The minimum atomic E-state index is -0.873. The second kappa shape index (κ2) is 5.03. The van der Waals surface area contributed by atoms with Crippen LogP contribution < -0.4 is 0 Å². The van der Waals surface area contributed by atoms with Gasteiger partial charge in [-0.05, 0) is 12.1 Å². The molecule has 0 radical (unpaired) electrons. The van der Waals surface area contributed by atoms with Crippen LogP contribution in [0.2, 0.25) is 0 Å². The number of aromatic nitrogens is 1. The van der Waals surface area contributed by atoms with Gasteiger partial charge in [0.1, 0.15) is 5.82 Å². The molecule has 1 atom stereocenters. The highest BCUT2D eigenvalue weighted by Gasteiger charge is 2.17. The average molecular weight is 302 g/mol. The maximum absolute atomic E-state index is 13.5. The van der Waals surface area contributed by atoms with Gasteiger partial charge in [0.2, 0.25) is 0 Å². The minimum Gasteiger partial charge on any atom is -0.388 e. The van der Waals surface area contributed by atoms with Gasteiger partial charge in [-0.3, -0.25) is 0 Å². The van der Waals surface area contributed by atoms with Crippen LogP contribution in [-0.4, -0.2) is 10.1 Å². The Labute approximate surface area is 105 Å². The molecule has 1 N–H and O–H groups in total. The first-order chi connectivity index (χ1) is 7.68. The summed E-state index contributed by atoms with van der Waals surface area (Å²) >= 11 is 4.68. The molecule has 0 bridgehead atoms. The van der Waals surface area contributed by atoms with Crippen molar-refractivity contribution in [1.82, 2.24) is 4.98 Å². The molecule has 0 saturated carbocycles. The third-order valence-corrected chi connectivity index (χ3v) is 3.68. The lowest BCUT2D eigenvalue weighted by Crippen LogP contribution is -2.05. The van der Waals surface area contributed by atoms with Crippen molar-refractivity contribution in [2.75, 3.05) is 0 Å². The lowest BCUT2D eigenvalue weighted by Gasteiger charge is -2.12. The average Bonchev–Trinajstić information content (AvgIpc) is 2.70. The highest BCUT2D eigenvalue weighted by atomic mass is 79.9. The van der Waals surface area contributed by atoms with Gasteiger partial charge in [-0.1, -0.05) is 22.0 Å². The number of rotatable bonds is 3. The van der Waals surface area contributed by atoms with E-state index in [1.54, 1.807) is 18.3 Å². The molecule has 2 nitrogen and oxygen atoms in total. The van der Waals surface area contributed by atoms with Crippen molar-refractivity contribution in [3.8, 4) is 0 Å². The van der Waals surface area contributed by atoms with Crippen LogP contribution in [0.3, 0.4) is 0 Å². The Hall–Kier alpha value is -0.780. The molecular formula is C11H9BrFNOS. The number of thiazole rings is 1. The Morgan fingerprint density at radius 1 is 1.50 bits per heavy atom. The fourth-order valence-corrected chi connectivity index (χ4v) is 2.71. The molecule has 2 aromatic rings. The molecular weight excluding hydrogens is 293 g/mol. The first-order valence-corrected chi connectivity index (χ1v) is 6.36. The molecule has 1 aromatic heterocycles. The standard InChI is InChI=1S/C11H9BrFNOS/c12-7-2-1-3-8(13)11(7)9(15)6-10-14-4-5-16-10/h1-5,9,15H,6H2. The van der Waals surface area contributed by atoms with Crippen LogP contribution in [-0.2, 0) is 6.42 Å². The molecule has 16 heavy (non-hydrogen) atoms. The van der Waals surface area contributed by atoms with E-state index in [1.807, 2.05) is 5.38 Å². The SMILES string of the molecule is OC(Cc1nccs1)c1c(F)cccc1Br. The van der Waals surface area contributed by atoms with Crippen molar-refractivity contribution in [3.05, 3.63) is 50.6 Å². The fraction of sp³-hybridized carbons (Fsp3) is 0.182. The van der Waals surface area contributed by atoms with E-state index < -0.39 is 11.9 Å². The van der Waals surface area contributed by atoms with Gasteiger partial charge in [-0.15, -0.1) is 11.3 Å². The van der Waals surface area contributed by atoms with Gasteiger partial charge in [-0.25, -0.2) is 9.37 Å². The van der Waals surface area contributed by atoms with Crippen LogP contribution >= 0.6 is 27.3 Å². The van der Waals surface area contributed by atoms with E-state index in [0.717, 1.165) is 5.01 Å². The molecule has 0 aliphatic rings. The predicted molar refractivity (Wildman–Crippen MR) is 64.9 cm³/mol. The maximum atomic E-state index is 13.5. The number of benzene rings is 1. The normalized spacial score (nSPS) is 12.7. The van der Waals surface area contributed by atoms with E-state index in [2.05, 4.69) is 20.9 Å². The van der Waals surface area contributed by atoms with E-state index in [4.69, 9.17) is 0 Å². The highest BCUT2D eigenvalue weighted by Crippen LogP contribution is 2.28. The van der Waals surface area contributed by atoms with Crippen molar-refractivity contribution in [1.29, 1.82) is 0 Å². The number of hydrogen-bond donors (Lipinski definition) is 1. The zero-order valence-corrected chi connectivity index (χ0v) is 10.6. The number of nitrogens with zero attached hydrogens (tertiary/aromatic N) is 1. The van der Waals surface area contributed by atoms with Gasteiger partial charge in [0.15, 0.2) is 0 Å². The molecule has 1 aromatic carbocycles. The second-order valence-corrected chi connectivity index (χ2v) is 5.11. The first kappa shape index (κ1) is 11.7. The second-order valence-electron chi connectivity index (χ2n) is 3.28. The maximum Gasteiger partial charge on any atom is 0.130 e. The summed E-state index contributed by atoms with van der Waals surface area (Å²) in [5.74, 6) is -0.404. The molecule has 0 aliphatic carbocycles. The summed E-state index contributed by atoms with van der Waals surface area (Å²) in [7, 11) is 0. The number of halogens is 2. The molecule has 0 saturated heterocycles. The van der Waals surface area contributed by atoms with E-state index in [9.17, 15) is 9.50 Å². The zero-order valence-electron chi connectivity index (χ0n) is 8.23. The fourth-order valence-electron chi connectivity index (χ4n) is 1.45. The Bertz CT molecular complexity index is 455. The van der Waals surface area contributed by atoms with Crippen molar-refractivity contribution in [2.24, 2.45) is 0 Å². The number of hydrogen-bond acceptors (Lipinski definition) is 3. The largest absolute Gasteiger partial charge is 0.388 e. The molecule has 0 aliphatic heterocycles. The molecule has 0 spiro atoms. The highest BCUT2D eigenvalue weighted by molar-refractivity contribution is 9.10. The zero-order chi connectivity index (χ0) is 11.5. The van der Waals surface area contributed by atoms with Crippen LogP contribution in [0.4, 0.5) is 4.39 Å². The van der Waals surface area contributed by atoms with Crippen LogP contribution in [0.25, 0.3) is 0 Å². The third kappa shape index (κ3) is 2.48. The molecule has 2 rings (SSSR count). The number of aliphatic hydroxyl groups excluding tert-OH is 1. The Morgan fingerprint density at radius 2 is 2.31 bits per heavy atom. The molecule has 1 heterocycles. The van der Waals surface area contributed by atoms with E-state index in [-0.39, 0.29) is 5.56 Å². The van der Waals surface area contributed by atoms with Crippen molar-refractivity contribution in [3.63, 3.8) is 0 Å². The van der Waals surface area contributed by atoms with Crippen LogP contribution in [0.15, 0.2) is 34.2 Å². The Balaban J connectivity index is 2.24. The Morgan fingerprint density at radius 3 is 2.94 bits per heavy atom. The summed E-state index contributed by atoms with van der Waals surface area (Å²) in [5.41, 5.74) is 0.290. The van der Waals surface area contributed by atoms with Crippen LogP contribution in [0.5, 0.6) is 0 Å². The first-order valence-electron chi connectivity index (χ1n) is 4.69. The smallest absolute Gasteiger partial charge is 0.130 e. The van der Waals surface area contributed by atoms with E-state index in [0.29, 0.717) is 10.9 Å². The summed E-state index contributed by atoms with van der Waals surface area (Å²) in [6, 6.07) is 4.65. The summed E-state index contributed by atoms with van der Waals surface area (Å²) in [4.78, 5) is 4.06. The molecule has 0 amide bonds. The van der Waals surface area contributed by atoms with Gasteiger partial charge >= 0.3 is 0 Å². The Kier molecular flexibility index (Phi) is 3.68.